The lowest BCUT2D eigenvalue weighted by Gasteiger charge is -2.15. The van der Waals surface area contributed by atoms with Crippen LogP contribution in [0.15, 0.2) is 30.3 Å². The van der Waals surface area contributed by atoms with Crippen molar-refractivity contribution in [3.63, 3.8) is 0 Å². The normalized spacial score (nSPS) is 10.9. The molecule has 5 nitrogen and oxygen atoms in total. The quantitative estimate of drug-likeness (QED) is 0.730. The van der Waals surface area contributed by atoms with Crippen molar-refractivity contribution in [1.29, 1.82) is 0 Å². The summed E-state index contributed by atoms with van der Waals surface area (Å²) in [5.41, 5.74) is 8.79. The zero-order chi connectivity index (χ0) is 16.2. The van der Waals surface area contributed by atoms with Crippen LogP contribution < -0.4 is 11.1 Å². The van der Waals surface area contributed by atoms with E-state index in [0.717, 1.165) is 23.4 Å². The van der Waals surface area contributed by atoms with Crippen LogP contribution in [-0.2, 0) is 17.6 Å². The molecule has 1 aromatic heterocycles. The average molecular weight is 337 g/mol. The summed E-state index contributed by atoms with van der Waals surface area (Å²) in [7, 11) is 0. The van der Waals surface area contributed by atoms with Crippen LogP contribution in [0.3, 0.4) is 0 Å². The van der Waals surface area contributed by atoms with Crippen molar-refractivity contribution < 1.29 is 4.79 Å². The number of para-hydroxylation sites is 1. The zero-order valence-corrected chi connectivity index (χ0v) is 14.7. The molecular weight excluding hydrogens is 312 g/mol. The molecule has 0 fully saturated rings. The molecule has 1 aromatic carbocycles. The van der Waals surface area contributed by atoms with Crippen molar-refractivity contribution in [2.24, 2.45) is 5.41 Å². The Kier molecular flexibility index (Phi) is 6.63. The zero-order valence-electron chi connectivity index (χ0n) is 13.8. The number of halogens is 1. The van der Waals surface area contributed by atoms with Gasteiger partial charge in [-0.1, -0.05) is 39.0 Å². The second-order valence-electron chi connectivity index (χ2n) is 6.76. The maximum absolute atomic E-state index is 12.0. The summed E-state index contributed by atoms with van der Waals surface area (Å²) in [4.78, 5) is 12.0. The first-order valence-corrected chi connectivity index (χ1v) is 7.51. The lowest BCUT2D eigenvalue weighted by Crippen LogP contribution is -2.13. The summed E-state index contributed by atoms with van der Waals surface area (Å²) in [5.74, 6) is 0.516. The van der Waals surface area contributed by atoms with Gasteiger partial charge in [-0.15, -0.1) is 12.4 Å². The fourth-order valence-electron chi connectivity index (χ4n) is 2.30. The molecule has 1 heterocycles. The number of nitrogen functional groups attached to an aromatic ring is 1. The highest BCUT2D eigenvalue weighted by Crippen LogP contribution is 2.20. The summed E-state index contributed by atoms with van der Waals surface area (Å²) in [6, 6.07) is 9.49. The summed E-state index contributed by atoms with van der Waals surface area (Å²) >= 11 is 0. The molecule has 126 valence electrons. The van der Waals surface area contributed by atoms with Crippen molar-refractivity contribution in [2.75, 3.05) is 11.1 Å². The van der Waals surface area contributed by atoms with Crippen molar-refractivity contribution >= 4 is 29.8 Å². The molecule has 0 saturated carbocycles. The molecule has 4 N–H and O–H groups in total. The van der Waals surface area contributed by atoms with E-state index < -0.39 is 0 Å². The summed E-state index contributed by atoms with van der Waals surface area (Å²) < 4.78 is 0. The largest absolute Gasteiger partial charge is 0.399 e. The maximum atomic E-state index is 12.0. The first-order chi connectivity index (χ1) is 10.3. The number of benzene rings is 1. The number of nitrogens with one attached hydrogen (secondary N) is 2. The molecule has 6 heteroatoms. The molecule has 23 heavy (non-hydrogen) atoms. The second kappa shape index (κ2) is 8.02. The number of hydrogen-bond acceptors (Lipinski definition) is 3. The van der Waals surface area contributed by atoms with Crippen LogP contribution in [0.1, 0.15) is 38.4 Å². The van der Waals surface area contributed by atoms with Gasteiger partial charge in [-0.3, -0.25) is 9.89 Å². The van der Waals surface area contributed by atoms with E-state index in [2.05, 4.69) is 36.3 Å². The molecule has 0 radical (unpaired) electrons. The molecule has 0 aliphatic heterocycles. The number of rotatable bonds is 5. The highest BCUT2D eigenvalue weighted by atomic mass is 35.5. The van der Waals surface area contributed by atoms with Gasteiger partial charge in [0.25, 0.3) is 0 Å². The number of aromatic nitrogens is 2. The highest BCUT2D eigenvalue weighted by Gasteiger charge is 2.14. The molecule has 1 amide bonds. The summed E-state index contributed by atoms with van der Waals surface area (Å²) in [6.07, 6.45) is 1.89. The number of hydrogen-bond donors (Lipinski definition) is 3. The van der Waals surface area contributed by atoms with Crippen LogP contribution in [0.25, 0.3) is 0 Å². The van der Waals surface area contributed by atoms with Gasteiger partial charge in [0.15, 0.2) is 5.82 Å². The smallest absolute Gasteiger partial charge is 0.225 e. The average Bonchev–Trinajstić information content (AvgIpc) is 2.82. The van der Waals surface area contributed by atoms with Gasteiger partial charge in [0.1, 0.15) is 0 Å². The van der Waals surface area contributed by atoms with Crippen LogP contribution in [-0.4, -0.2) is 16.1 Å². The minimum absolute atomic E-state index is 0. The van der Waals surface area contributed by atoms with E-state index in [1.165, 1.54) is 0 Å². The third-order valence-corrected chi connectivity index (χ3v) is 3.30. The van der Waals surface area contributed by atoms with E-state index in [9.17, 15) is 4.79 Å². The van der Waals surface area contributed by atoms with Crippen molar-refractivity contribution in [2.45, 2.75) is 40.0 Å². The first kappa shape index (κ1) is 19.0. The van der Waals surface area contributed by atoms with E-state index in [1.54, 1.807) is 0 Å². The fraction of sp³-hybridized carbons (Fsp3) is 0.412. The standard InChI is InChI=1S/C17H24N4O.ClH/c1-17(2,3)11-13-10-15(21-20-13)19-16(22)9-8-12-6-4-5-7-14(12)18;/h4-7,10H,8-9,11,18H2,1-3H3,(H2,19,20,21,22);1H. The Labute approximate surface area is 143 Å². The molecule has 2 rings (SSSR count). The Bertz CT molecular complexity index is 646. The van der Waals surface area contributed by atoms with Crippen LogP contribution in [0.2, 0.25) is 0 Å². The van der Waals surface area contributed by atoms with E-state index >= 15 is 0 Å². The summed E-state index contributed by atoms with van der Waals surface area (Å²) in [6.45, 7) is 6.49. The molecule has 2 aromatic rings. The van der Waals surface area contributed by atoms with Gasteiger partial charge >= 0.3 is 0 Å². The lowest BCUT2D eigenvalue weighted by atomic mass is 9.91. The van der Waals surface area contributed by atoms with Gasteiger partial charge in [0.05, 0.1) is 0 Å². The minimum Gasteiger partial charge on any atom is -0.399 e. The van der Waals surface area contributed by atoms with Gasteiger partial charge in [-0.05, 0) is 29.9 Å². The van der Waals surface area contributed by atoms with Crippen molar-refractivity contribution in [1.82, 2.24) is 10.2 Å². The molecule has 0 aliphatic carbocycles. The first-order valence-electron chi connectivity index (χ1n) is 7.51. The fourth-order valence-corrected chi connectivity index (χ4v) is 2.30. The molecule has 0 spiro atoms. The third-order valence-electron chi connectivity index (χ3n) is 3.30. The van der Waals surface area contributed by atoms with Crippen LogP contribution >= 0.6 is 12.4 Å². The Morgan fingerprint density at radius 2 is 2.00 bits per heavy atom. The highest BCUT2D eigenvalue weighted by molar-refractivity contribution is 5.90. The summed E-state index contributed by atoms with van der Waals surface area (Å²) in [5, 5.41) is 9.91. The number of carbonyl (C=O) groups excluding carboxylic acids is 1. The van der Waals surface area contributed by atoms with Gasteiger partial charge in [0.2, 0.25) is 5.91 Å². The van der Waals surface area contributed by atoms with E-state index in [4.69, 9.17) is 5.73 Å². The van der Waals surface area contributed by atoms with Crippen molar-refractivity contribution in [3.05, 3.63) is 41.6 Å². The predicted molar refractivity (Wildman–Crippen MR) is 96.8 cm³/mol. The SMILES string of the molecule is CC(C)(C)Cc1cc(NC(=O)CCc2ccccc2N)n[nH]1.Cl. The number of carbonyl (C=O) groups is 1. The number of aryl methyl sites for hydroxylation is 1. The van der Waals surface area contributed by atoms with Crippen molar-refractivity contribution in [3.8, 4) is 0 Å². The third kappa shape index (κ3) is 6.32. The number of nitrogens with two attached hydrogens (primary N) is 1. The van der Waals surface area contributed by atoms with Crippen LogP contribution in [0.5, 0.6) is 0 Å². The maximum Gasteiger partial charge on any atom is 0.225 e. The molecule has 0 unspecified atom stereocenters. The number of H-pyrrole nitrogens is 1. The number of anilines is 2. The van der Waals surface area contributed by atoms with E-state index in [1.807, 2.05) is 30.3 Å². The molecule has 0 aliphatic rings. The Morgan fingerprint density at radius 1 is 1.30 bits per heavy atom. The minimum atomic E-state index is -0.0583. The van der Waals surface area contributed by atoms with Gasteiger partial charge < -0.3 is 11.1 Å². The lowest BCUT2D eigenvalue weighted by molar-refractivity contribution is -0.116. The molecular formula is C17H25ClN4O. The van der Waals surface area contributed by atoms with Crippen LogP contribution in [0.4, 0.5) is 11.5 Å². The second-order valence-corrected chi connectivity index (χ2v) is 6.76. The van der Waals surface area contributed by atoms with Gasteiger partial charge in [0, 0.05) is 23.9 Å². The number of amides is 1. The van der Waals surface area contributed by atoms with E-state index in [-0.39, 0.29) is 23.7 Å². The molecule has 0 saturated heterocycles. The number of nitrogens with zero attached hydrogens (tertiary/aromatic N) is 1. The predicted octanol–water partition coefficient (Wildman–Crippen LogP) is 3.57. The Morgan fingerprint density at radius 3 is 2.65 bits per heavy atom. The molecule has 0 bridgehead atoms. The molecule has 0 atom stereocenters. The van der Waals surface area contributed by atoms with Gasteiger partial charge in [-0.2, -0.15) is 5.10 Å². The van der Waals surface area contributed by atoms with Crippen LogP contribution in [0, 0.1) is 5.41 Å². The monoisotopic (exact) mass is 336 g/mol. The number of aromatic amines is 1. The Balaban J connectivity index is 0.00000264. The Hall–Kier alpha value is -2.01. The topological polar surface area (TPSA) is 83.8 Å². The van der Waals surface area contributed by atoms with E-state index in [0.29, 0.717) is 18.7 Å². The van der Waals surface area contributed by atoms with Gasteiger partial charge in [-0.25, -0.2) is 0 Å².